The van der Waals surface area contributed by atoms with Crippen molar-refractivity contribution in [2.45, 2.75) is 6.92 Å². The van der Waals surface area contributed by atoms with Gasteiger partial charge < -0.3 is 9.64 Å². The summed E-state index contributed by atoms with van der Waals surface area (Å²) in [6.07, 6.45) is 0. The molecular weight excluding hydrogens is 250 g/mol. The largest absolute Gasteiger partial charge is 0.484 e. The Morgan fingerprint density at radius 2 is 2.00 bits per heavy atom. The third kappa shape index (κ3) is 3.32. The van der Waals surface area contributed by atoms with Gasteiger partial charge in [-0.15, -0.1) is 0 Å². The summed E-state index contributed by atoms with van der Waals surface area (Å²) in [5.74, 6) is 1.87. The van der Waals surface area contributed by atoms with Gasteiger partial charge in [-0.25, -0.2) is 0 Å². The van der Waals surface area contributed by atoms with E-state index in [4.69, 9.17) is 4.74 Å². The molecule has 1 fully saturated rings. The normalized spacial score (nSPS) is 16.6. The van der Waals surface area contributed by atoms with Crippen LogP contribution in [0.4, 0.5) is 0 Å². The van der Waals surface area contributed by atoms with E-state index in [1.807, 2.05) is 31.2 Å². The molecule has 18 heavy (non-hydrogen) atoms. The molecule has 5 heteroatoms. The summed E-state index contributed by atoms with van der Waals surface area (Å²) < 4.78 is 16.7. The number of rotatable bonds is 3. The lowest BCUT2D eigenvalue weighted by Gasteiger charge is -2.26. The van der Waals surface area contributed by atoms with Gasteiger partial charge in [0.1, 0.15) is 5.75 Å². The van der Waals surface area contributed by atoms with Crippen molar-refractivity contribution < 1.29 is 13.7 Å². The number of aryl methyl sites for hydroxylation is 1. The molecule has 1 aliphatic heterocycles. The first-order valence-electron chi connectivity index (χ1n) is 5.98. The highest BCUT2D eigenvalue weighted by Crippen LogP contribution is 2.16. The third-order valence-electron chi connectivity index (χ3n) is 2.98. The molecule has 0 atom stereocenters. The summed E-state index contributed by atoms with van der Waals surface area (Å²) in [6.45, 7) is 3.15. The van der Waals surface area contributed by atoms with E-state index in [0.29, 0.717) is 24.6 Å². The first kappa shape index (κ1) is 13.1. The maximum atomic E-state index is 11.9. The quantitative estimate of drug-likeness (QED) is 0.819. The Morgan fingerprint density at radius 3 is 2.67 bits per heavy atom. The minimum Gasteiger partial charge on any atom is -0.484 e. The average molecular weight is 267 g/mol. The van der Waals surface area contributed by atoms with E-state index in [1.165, 1.54) is 0 Å². The first-order valence-corrected chi connectivity index (χ1v) is 7.47. The number of nitrogens with zero attached hydrogens (tertiary/aromatic N) is 1. The molecule has 0 saturated carbocycles. The number of para-hydroxylation sites is 1. The fourth-order valence-electron chi connectivity index (χ4n) is 1.84. The molecule has 1 aliphatic rings. The van der Waals surface area contributed by atoms with Crippen LogP contribution < -0.4 is 4.74 Å². The van der Waals surface area contributed by atoms with Crippen molar-refractivity contribution in [3.8, 4) is 5.75 Å². The molecule has 1 aromatic carbocycles. The van der Waals surface area contributed by atoms with Gasteiger partial charge in [-0.1, -0.05) is 18.2 Å². The van der Waals surface area contributed by atoms with Crippen molar-refractivity contribution in [2.24, 2.45) is 0 Å². The Balaban J connectivity index is 1.85. The number of ether oxygens (including phenoxy) is 1. The van der Waals surface area contributed by atoms with E-state index >= 15 is 0 Å². The Morgan fingerprint density at radius 1 is 1.33 bits per heavy atom. The molecule has 0 aromatic heterocycles. The average Bonchev–Trinajstić information content (AvgIpc) is 2.38. The number of hydrogen-bond donors (Lipinski definition) is 0. The second-order valence-electron chi connectivity index (χ2n) is 4.28. The van der Waals surface area contributed by atoms with Gasteiger partial charge in [0.05, 0.1) is 0 Å². The number of carbonyl (C=O) groups excluding carboxylic acids is 1. The van der Waals surface area contributed by atoms with Crippen LogP contribution in [0.5, 0.6) is 5.75 Å². The van der Waals surface area contributed by atoms with E-state index in [-0.39, 0.29) is 12.5 Å². The van der Waals surface area contributed by atoms with Gasteiger partial charge in [-0.2, -0.15) is 0 Å². The van der Waals surface area contributed by atoms with Crippen LogP contribution in [-0.4, -0.2) is 46.2 Å². The summed E-state index contributed by atoms with van der Waals surface area (Å²) in [6, 6.07) is 7.62. The van der Waals surface area contributed by atoms with E-state index in [1.54, 1.807) is 4.90 Å². The number of hydrogen-bond acceptors (Lipinski definition) is 3. The third-order valence-corrected chi connectivity index (χ3v) is 4.25. The smallest absolute Gasteiger partial charge is 0.260 e. The van der Waals surface area contributed by atoms with Gasteiger partial charge in [0, 0.05) is 35.4 Å². The summed E-state index contributed by atoms with van der Waals surface area (Å²) in [5, 5.41) is 0. The van der Waals surface area contributed by atoms with Gasteiger partial charge in [-0.05, 0) is 18.6 Å². The monoisotopic (exact) mass is 267 g/mol. The molecule has 0 spiro atoms. The van der Waals surface area contributed by atoms with Crippen molar-refractivity contribution in [3.05, 3.63) is 29.8 Å². The van der Waals surface area contributed by atoms with E-state index < -0.39 is 10.8 Å². The standard InChI is InChI=1S/C13H17NO3S/c1-11-4-2-3-5-12(11)17-10-13(15)14-6-8-18(16)9-7-14/h2-5H,6-10H2,1H3. The zero-order chi connectivity index (χ0) is 13.0. The van der Waals surface area contributed by atoms with Crippen molar-refractivity contribution in [3.63, 3.8) is 0 Å². The maximum absolute atomic E-state index is 11.9. The van der Waals surface area contributed by atoms with Gasteiger partial charge in [0.2, 0.25) is 0 Å². The van der Waals surface area contributed by atoms with Crippen LogP contribution >= 0.6 is 0 Å². The SMILES string of the molecule is Cc1ccccc1OCC(=O)N1CCS(=O)CC1. The molecule has 1 aromatic rings. The lowest BCUT2D eigenvalue weighted by atomic mass is 10.2. The maximum Gasteiger partial charge on any atom is 0.260 e. The molecule has 4 nitrogen and oxygen atoms in total. The highest BCUT2D eigenvalue weighted by molar-refractivity contribution is 7.85. The van der Waals surface area contributed by atoms with E-state index in [0.717, 1.165) is 11.3 Å². The van der Waals surface area contributed by atoms with Crippen molar-refractivity contribution in [2.75, 3.05) is 31.2 Å². The van der Waals surface area contributed by atoms with Gasteiger partial charge >= 0.3 is 0 Å². The molecule has 0 unspecified atom stereocenters. The molecule has 0 bridgehead atoms. The molecule has 0 radical (unpaired) electrons. The summed E-state index contributed by atoms with van der Waals surface area (Å²) in [5.41, 5.74) is 1.02. The molecule has 0 aliphatic carbocycles. The second-order valence-corrected chi connectivity index (χ2v) is 5.98. The Bertz CT molecular complexity index is 451. The second kappa shape index (κ2) is 6.00. The highest BCUT2D eigenvalue weighted by atomic mass is 32.2. The van der Waals surface area contributed by atoms with Crippen LogP contribution in [0, 0.1) is 6.92 Å². The molecule has 1 heterocycles. The zero-order valence-corrected chi connectivity index (χ0v) is 11.2. The predicted molar refractivity (Wildman–Crippen MR) is 71.1 cm³/mol. The van der Waals surface area contributed by atoms with Crippen molar-refractivity contribution >= 4 is 16.7 Å². The zero-order valence-electron chi connectivity index (χ0n) is 10.4. The molecule has 98 valence electrons. The van der Waals surface area contributed by atoms with Crippen LogP contribution in [0.1, 0.15) is 5.56 Å². The minimum atomic E-state index is -0.756. The molecule has 2 rings (SSSR count). The Kier molecular flexibility index (Phi) is 4.36. The van der Waals surface area contributed by atoms with Crippen LogP contribution in [0.2, 0.25) is 0 Å². The number of benzene rings is 1. The summed E-state index contributed by atoms with van der Waals surface area (Å²) in [7, 11) is -0.756. The van der Waals surface area contributed by atoms with Crippen LogP contribution in [-0.2, 0) is 15.6 Å². The minimum absolute atomic E-state index is 0.0325. The summed E-state index contributed by atoms with van der Waals surface area (Å²) in [4.78, 5) is 13.6. The lowest BCUT2D eigenvalue weighted by Crippen LogP contribution is -2.43. The van der Waals surface area contributed by atoms with Gasteiger partial charge in [-0.3, -0.25) is 9.00 Å². The van der Waals surface area contributed by atoms with Crippen LogP contribution in [0.3, 0.4) is 0 Å². The van der Waals surface area contributed by atoms with Gasteiger partial charge in [0.25, 0.3) is 5.91 Å². The molecule has 1 amide bonds. The van der Waals surface area contributed by atoms with E-state index in [9.17, 15) is 9.00 Å². The highest BCUT2D eigenvalue weighted by Gasteiger charge is 2.20. The van der Waals surface area contributed by atoms with Crippen LogP contribution in [0.15, 0.2) is 24.3 Å². The predicted octanol–water partition coefficient (Wildman–Crippen LogP) is 0.965. The van der Waals surface area contributed by atoms with Crippen molar-refractivity contribution in [1.29, 1.82) is 0 Å². The summed E-state index contributed by atoms with van der Waals surface area (Å²) >= 11 is 0. The first-order chi connectivity index (χ1) is 8.66. The van der Waals surface area contributed by atoms with E-state index in [2.05, 4.69) is 0 Å². The topological polar surface area (TPSA) is 46.6 Å². The van der Waals surface area contributed by atoms with Gasteiger partial charge in [0.15, 0.2) is 6.61 Å². The molecule has 0 N–H and O–H groups in total. The number of amides is 1. The Labute approximate surface area is 109 Å². The number of carbonyl (C=O) groups is 1. The fourth-order valence-corrected chi connectivity index (χ4v) is 2.89. The Hall–Kier alpha value is -1.36. The van der Waals surface area contributed by atoms with Crippen LogP contribution in [0.25, 0.3) is 0 Å². The molecule has 1 saturated heterocycles. The molecular formula is C13H17NO3S. The lowest BCUT2D eigenvalue weighted by molar-refractivity contribution is -0.133. The van der Waals surface area contributed by atoms with Crippen molar-refractivity contribution in [1.82, 2.24) is 4.90 Å². The fraction of sp³-hybridized carbons (Fsp3) is 0.462.